The summed E-state index contributed by atoms with van der Waals surface area (Å²) in [6.45, 7) is 0. The van der Waals surface area contributed by atoms with E-state index in [9.17, 15) is 9.59 Å². The fraction of sp³-hybridized carbons (Fsp3) is 0.545. The maximum Gasteiger partial charge on any atom is 0.293 e. The van der Waals surface area contributed by atoms with Gasteiger partial charge in [0.05, 0.1) is 5.75 Å². The summed E-state index contributed by atoms with van der Waals surface area (Å²) in [4.78, 5) is 23.7. The average Bonchev–Trinajstić information content (AvgIpc) is 3.06. The lowest BCUT2D eigenvalue weighted by molar-refractivity contribution is -0.119. The predicted octanol–water partition coefficient (Wildman–Crippen LogP) is 0.697. The first-order valence-electron chi connectivity index (χ1n) is 6.36. The maximum atomic E-state index is 11.8. The Morgan fingerprint density at radius 1 is 1.50 bits per heavy atom. The Hall–Kier alpha value is -1.48. The van der Waals surface area contributed by atoms with Gasteiger partial charge in [-0.1, -0.05) is 35.9 Å². The third-order valence-electron chi connectivity index (χ3n) is 3.11. The van der Waals surface area contributed by atoms with E-state index in [1.165, 1.54) is 40.5 Å². The number of nitrogens with one attached hydrogen (secondary N) is 1. The van der Waals surface area contributed by atoms with Crippen LogP contribution in [-0.2, 0) is 4.79 Å². The third-order valence-corrected chi connectivity index (χ3v) is 5.14. The molecule has 7 nitrogen and oxygen atoms in total. The highest BCUT2D eigenvalue weighted by Gasteiger charge is 2.17. The first-order chi connectivity index (χ1) is 9.72. The first-order valence-corrected chi connectivity index (χ1v) is 8.16. The molecule has 0 aliphatic heterocycles. The van der Waals surface area contributed by atoms with Crippen LogP contribution in [0.2, 0.25) is 0 Å². The Morgan fingerprint density at radius 3 is 3.05 bits per heavy atom. The van der Waals surface area contributed by atoms with Crippen molar-refractivity contribution in [3.05, 3.63) is 16.6 Å². The summed E-state index contributed by atoms with van der Waals surface area (Å²) in [5, 5.41) is 14.6. The molecular weight excluding hydrogens is 298 g/mol. The van der Waals surface area contributed by atoms with E-state index in [1.807, 2.05) is 0 Å². The first kappa shape index (κ1) is 13.5. The molecule has 1 N–H and O–H groups in total. The van der Waals surface area contributed by atoms with Gasteiger partial charge >= 0.3 is 0 Å². The molecule has 20 heavy (non-hydrogen) atoms. The lowest BCUT2D eigenvalue weighted by atomic mass is 10.2. The zero-order valence-electron chi connectivity index (χ0n) is 10.6. The molecule has 0 radical (unpaired) electrons. The number of carbonyl (C=O) groups excluding carboxylic acids is 1. The van der Waals surface area contributed by atoms with E-state index in [-0.39, 0.29) is 11.5 Å². The topological polar surface area (TPSA) is 89.3 Å². The van der Waals surface area contributed by atoms with Gasteiger partial charge in [-0.25, -0.2) is 0 Å². The minimum Gasteiger partial charge on any atom is -0.353 e. The van der Waals surface area contributed by atoms with Gasteiger partial charge in [0.25, 0.3) is 5.56 Å². The molecular formula is C11H13N5O2S2. The predicted molar refractivity (Wildman–Crippen MR) is 76.1 cm³/mol. The van der Waals surface area contributed by atoms with Gasteiger partial charge in [-0.05, 0) is 12.8 Å². The Labute approximate surface area is 122 Å². The second kappa shape index (κ2) is 5.88. The molecule has 9 heteroatoms. The Bertz CT molecular complexity index is 677. The monoisotopic (exact) mass is 311 g/mol. The fourth-order valence-corrected chi connectivity index (χ4v) is 3.88. The van der Waals surface area contributed by atoms with Crippen LogP contribution in [0.15, 0.2) is 15.3 Å². The summed E-state index contributed by atoms with van der Waals surface area (Å²) in [7, 11) is 0. The van der Waals surface area contributed by atoms with E-state index in [0.29, 0.717) is 21.1 Å². The van der Waals surface area contributed by atoms with Crippen molar-refractivity contribution in [1.82, 2.24) is 25.1 Å². The normalized spacial score (nSPS) is 15.8. The SMILES string of the molecule is O=C(CSc1nn2c(=O)cnnc2s1)NC1CCCC1. The summed E-state index contributed by atoms with van der Waals surface area (Å²) in [5.41, 5.74) is -0.312. The number of aromatic nitrogens is 4. The average molecular weight is 311 g/mol. The second-order valence-electron chi connectivity index (χ2n) is 4.58. The van der Waals surface area contributed by atoms with Crippen molar-refractivity contribution >= 4 is 34.0 Å². The standard InChI is InChI=1S/C11H13N5O2S2/c17-8(13-7-3-1-2-4-7)6-19-11-15-16-9(18)5-12-14-10(16)20-11/h5,7H,1-4,6H2,(H,13,17). The fourth-order valence-electron chi connectivity index (χ4n) is 2.18. The van der Waals surface area contributed by atoms with Crippen LogP contribution in [0.25, 0.3) is 4.96 Å². The van der Waals surface area contributed by atoms with Crippen LogP contribution in [0, 0.1) is 0 Å². The van der Waals surface area contributed by atoms with Gasteiger partial charge in [0, 0.05) is 6.04 Å². The van der Waals surface area contributed by atoms with E-state index in [0.717, 1.165) is 19.0 Å². The minimum atomic E-state index is -0.312. The molecule has 0 unspecified atom stereocenters. The maximum absolute atomic E-state index is 11.8. The largest absolute Gasteiger partial charge is 0.353 e. The smallest absolute Gasteiger partial charge is 0.293 e. The molecule has 2 aromatic heterocycles. The number of nitrogens with zero attached hydrogens (tertiary/aromatic N) is 4. The van der Waals surface area contributed by atoms with Crippen molar-refractivity contribution in [3.63, 3.8) is 0 Å². The zero-order chi connectivity index (χ0) is 13.9. The number of fused-ring (bicyclic) bond motifs is 1. The van der Waals surface area contributed by atoms with Gasteiger partial charge in [0.1, 0.15) is 6.20 Å². The van der Waals surface area contributed by atoms with Crippen LogP contribution in [0.1, 0.15) is 25.7 Å². The van der Waals surface area contributed by atoms with Crippen molar-refractivity contribution in [2.45, 2.75) is 36.1 Å². The van der Waals surface area contributed by atoms with Gasteiger partial charge in [-0.15, -0.1) is 10.2 Å². The van der Waals surface area contributed by atoms with Crippen LogP contribution in [0.3, 0.4) is 0 Å². The molecule has 2 aromatic rings. The van der Waals surface area contributed by atoms with Crippen LogP contribution in [0.5, 0.6) is 0 Å². The molecule has 2 heterocycles. The quantitative estimate of drug-likeness (QED) is 0.836. The molecule has 1 aliphatic rings. The molecule has 0 aromatic carbocycles. The highest BCUT2D eigenvalue weighted by molar-refractivity contribution is 8.01. The van der Waals surface area contributed by atoms with E-state index in [2.05, 4.69) is 20.6 Å². The zero-order valence-corrected chi connectivity index (χ0v) is 12.2. The number of hydrogen-bond acceptors (Lipinski definition) is 7. The van der Waals surface area contributed by atoms with Crippen molar-refractivity contribution in [3.8, 4) is 0 Å². The molecule has 0 spiro atoms. The molecule has 0 atom stereocenters. The van der Waals surface area contributed by atoms with E-state index in [4.69, 9.17) is 0 Å². The molecule has 106 valence electrons. The van der Waals surface area contributed by atoms with E-state index in [1.54, 1.807) is 0 Å². The van der Waals surface area contributed by atoms with Crippen molar-refractivity contribution in [1.29, 1.82) is 0 Å². The van der Waals surface area contributed by atoms with Gasteiger partial charge in [-0.2, -0.15) is 9.61 Å². The lowest BCUT2D eigenvalue weighted by Gasteiger charge is -2.10. The summed E-state index contributed by atoms with van der Waals surface area (Å²) in [5.74, 6) is 0.318. The highest BCUT2D eigenvalue weighted by Crippen LogP contribution is 2.23. The Morgan fingerprint density at radius 2 is 2.30 bits per heavy atom. The number of carbonyl (C=O) groups is 1. The van der Waals surface area contributed by atoms with Gasteiger partial charge < -0.3 is 5.32 Å². The molecule has 1 fully saturated rings. The highest BCUT2D eigenvalue weighted by atomic mass is 32.2. The van der Waals surface area contributed by atoms with E-state index >= 15 is 0 Å². The number of amides is 1. The molecule has 1 amide bonds. The minimum absolute atomic E-state index is 0.0135. The number of hydrogen-bond donors (Lipinski definition) is 1. The lowest BCUT2D eigenvalue weighted by Crippen LogP contribution is -2.33. The summed E-state index contributed by atoms with van der Waals surface area (Å²) in [6, 6.07) is 0.326. The molecule has 3 rings (SSSR count). The van der Waals surface area contributed by atoms with Gasteiger partial charge in [0.15, 0.2) is 4.34 Å². The Balaban J connectivity index is 1.60. The Kier molecular flexibility index (Phi) is 3.97. The van der Waals surface area contributed by atoms with Crippen LogP contribution in [-0.4, -0.2) is 37.5 Å². The van der Waals surface area contributed by atoms with Crippen molar-refractivity contribution in [2.75, 3.05) is 5.75 Å². The third kappa shape index (κ3) is 2.98. The number of rotatable bonds is 4. The molecule has 1 aliphatic carbocycles. The molecule has 0 saturated heterocycles. The molecule has 1 saturated carbocycles. The van der Waals surface area contributed by atoms with Gasteiger partial charge in [0.2, 0.25) is 10.9 Å². The number of thioether (sulfide) groups is 1. The van der Waals surface area contributed by atoms with Crippen LogP contribution < -0.4 is 10.9 Å². The molecule has 0 bridgehead atoms. The van der Waals surface area contributed by atoms with E-state index < -0.39 is 0 Å². The summed E-state index contributed by atoms with van der Waals surface area (Å²) in [6.07, 6.45) is 5.65. The van der Waals surface area contributed by atoms with Crippen molar-refractivity contribution in [2.24, 2.45) is 0 Å². The van der Waals surface area contributed by atoms with Gasteiger partial charge in [-0.3, -0.25) is 9.59 Å². The second-order valence-corrected chi connectivity index (χ2v) is 6.76. The summed E-state index contributed by atoms with van der Waals surface area (Å²) >= 11 is 2.57. The van der Waals surface area contributed by atoms with Crippen LogP contribution >= 0.6 is 23.1 Å². The van der Waals surface area contributed by atoms with Crippen molar-refractivity contribution < 1.29 is 4.79 Å². The van der Waals surface area contributed by atoms with Crippen LogP contribution in [0.4, 0.5) is 0 Å². The summed E-state index contributed by atoms with van der Waals surface area (Å²) < 4.78 is 1.85.